The normalized spacial score (nSPS) is 11.2. The lowest BCUT2D eigenvalue weighted by atomic mass is 10.2. The quantitative estimate of drug-likeness (QED) is 0.486. The average molecular weight is 359 g/mol. The van der Waals surface area contributed by atoms with Crippen molar-refractivity contribution in [2.45, 2.75) is 0 Å². The van der Waals surface area contributed by atoms with Gasteiger partial charge in [-0.1, -0.05) is 15.9 Å². The van der Waals surface area contributed by atoms with E-state index in [1.165, 1.54) is 4.57 Å². The summed E-state index contributed by atoms with van der Waals surface area (Å²) in [5, 5.41) is 0. The molecule has 7 heteroatoms. The van der Waals surface area contributed by atoms with E-state index in [1.54, 1.807) is 18.2 Å². The number of hydrogen-bond donors (Lipinski definition) is 1. The zero-order chi connectivity index (χ0) is 14.4. The summed E-state index contributed by atoms with van der Waals surface area (Å²) in [5.74, 6) is -3.26. The van der Waals surface area contributed by atoms with Gasteiger partial charge in [-0.2, -0.15) is 0 Å². The fourth-order valence-electron chi connectivity index (χ4n) is 2.00. The number of rotatable bonds is 1. The number of imidazole rings is 1. The van der Waals surface area contributed by atoms with Crippen molar-refractivity contribution in [3.8, 4) is 5.69 Å². The monoisotopic (exact) mass is 358 g/mol. The lowest BCUT2D eigenvalue weighted by molar-refractivity contribution is 0.493. The summed E-state index contributed by atoms with van der Waals surface area (Å²) < 4.78 is 42.6. The Morgan fingerprint density at radius 3 is 2.45 bits per heavy atom. The predicted molar refractivity (Wildman–Crippen MR) is 76.0 cm³/mol. The van der Waals surface area contributed by atoms with Crippen LogP contribution in [0.25, 0.3) is 16.7 Å². The molecule has 0 aliphatic rings. The van der Waals surface area contributed by atoms with Crippen molar-refractivity contribution in [2.24, 2.45) is 0 Å². The van der Waals surface area contributed by atoms with Gasteiger partial charge in [-0.3, -0.25) is 4.57 Å². The van der Waals surface area contributed by atoms with Gasteiger partial charge in [-0.15, -0.1) is 0 Å². The third-order valence-corrected chi connectivity index (χ3v) is 3.65. The number of hydrogen-bond acceptors (Lipinski definition) is 1. The molecule has 0 unspecified atom stereocenters. The molecule has 2 nitrogen and oxygen atoms in total. The first kappa shape index (κ1) is 13.4. The molecule has 0 spiro atoms. The van der Waals surface area contributed by atoms with Crippen LogP contribution >= 0.6 is 28.1 Å². The van der Waals surface area contributed by atoms with Crippen LogP contribution in [-0.2, 0) is 0 Å². The first-order valence-corrected chi connectivity index (χ1v) is 6.72. The Balaban J connectivity index is 2.40. The number of aromatic amines is 1. The standard InChI is InChI=1S/C13H6BrF3N2S/c14-6-1-2-10-12(3-6)19(13(20)18-10)11-5-8(16)7(15)4-9(11)17/h1-5H,(H,18,20). The van der Waals surface area contributed by atoms with Crippen molar-refractivity contribution in [3.05, 3.63) is 57.0 Å². The Morgan fingerprint density at radius 2 is 1.70 bits per heavy atom. The van der Waals surface area contributed by atoms with Crippen molar-refractivity contribution < 1.29 is 13.2 Å². The van der Waals surface area contributed by atoms with Crippen molar-refractivity contribution >= 4 is 39.2 Å². The van der Waals surface area contributed by atoms with Crippen LogP contribution in [0.15, 0.2) is 34.8 Å². The van der Waals surface area contributed by atoms with Crippen molar-refractivity contribution in [1.82, 2.24) is 9.55 Å². The van der Waals surface area contributed by atoms with Crippen LogP contribution in [0.2, 0.25) is 0 Å². The highest BCUT2D eigenvalue weighted by molar-refractivity contribution is 9.10. The molecule has 0 bridgehead atoms. The highest BCUT2D eigenvalue weighted by Crippen LogP contribution is 2.25. The van der Waals surface area contributed by atoms with E-state index in [2.05, 4.69) is 20.9 Å². The van der Waals surface area contributed by atoms with Gasteiger partial charge < -0.3 is 4.98 Å². The van der Waals surface area contributed by atoms with E-state index < -0.39 is 17.5 Å². The van der Waals surface area contributed by atoms with Crippen LogP contribution in [-0.4, -0.2) is 9.55 Å². The van der Waals surface area contributed by atoms with E-state index in [1.807, 2.05) is 0 Å². The molecule has 1 heterocycles. The zero-order valence-electron chi connectivity index (χ0n) is 9.75. The number of halogens is 4. The Kier molecular flexibility index (Phi) is 3.18. The molecule has 20 heavy (non-hydrogen) atoms. The lowest BCUT2D eigenvalue weighted by Gasteiger charge is -2.07. The van der Waals surface area contributed by atoms with Crippen molar-refractivity contribution in [3.63, 3.8) is 0 Å². The number of aromatic nitrogens is 2. The summed E-state index contributed by atoms with van der Waals surface area (Å²) in [7, 11) is 0. The van der Waals surface area contributed by atoms with Crippen LogP contribution in [0.5, 0.6) is 0 Å². The molecular formula is C13H6BrF3N2S. The van der Waals surface area contributed by atoms with E-state index in [0.717, 1.165) is 10.5 Å². The summed E-state index contributed by atoms with van der Waals surface area (Å²) in [5.41, 5.74) is 1.09. The van der Waals surface area contributed by atoms with Crippen LogP contribution < -0.4 is 0 Å². The molecule has 0 saturated heterocycles. The van der Waals surface area contributed by atoms with Gasteiger partial charge in [0.1, 0.15) is 5.82 Å². The maximum absolute atomic E-state index is 13.9. The van der Waals surface area contributed by atoms with E-state index >= 15 is 0 Å². The molecule has 0 fully saturated rings. The van der Waals surface area contributed by atoms with E-state index in [-0.39, 0.29) is 10.5 Å². The first-order valence-electron chi connectivity index (χ1n) is 5.52. The Hall–Kier alpha value is -1.60. The van der Waals surface area contributed by atoms with Gasteiger partial charge >= 0.3 is 0 Å². The number of fused-ring (bicyclic) bond motifs is 1. The second-order valence-electron chi connectivity index (χ2n) is 4.14. The van der Waals surface area contributed by atoms with Gasteiger partial charge in [0.25, 0.3) is 0 Å². The fourth-order valence-corrected chi connectivity index (χ4v) is 2.65. The fraction of sp³-hybridized carbons (Fsp3) is 0. The van der Waals surface area contributed by atoms with Crippen molar-refractivity contribution in [1.29, 1.82) is 0 Å². The van der Waals surface area contributed by atoms with Crippen LogP contribution in [0, 0.1) is 22.2 Å². The van der Waals surface area contributed by atoms with Gasteiger partial charge in [0, 0.05) is 16.6 Å². The van der Waals surface area contributed by atoms with Crippen LogP contribution in [0.1, 0.15) is 0 Å². The molecule has 0 aliphatic heterocycles. The third-order valence-electron chi connectivity index (χ3n) is 2.88. The van der Waals surface area contributed by atoms with Gasteiger partial charge in [0.05, 0.1) is 16.7 Å². The minimum absolute atomic E-state index is 0.141. The third kappa shape index (κ3) is 2.06. The van der Waals surface area contributed by atoms with E-state index in [9.17, 15) is 13.2 Å². The average Bonchev–Trinajstić information content (AvgIpc) is 2.69. The van der Waals surface area contributed by atoms with Gasteiger partial charge in [-0.05, 0) is 30.4 Å². The summed E-state index contributed by atoms with van der Waals surface area (Å²) in [6, 6.07) is 6.54. The molecule has 102 valence electrons. The smallest absolute Gasteiger partial charge is 0.182 e. The molecular weight excluding hydrogens is 353 g/mol. The first-order chi connectivity index (χ1) is 9.47. The zero-order valence-corrected chi connectivity index (χ0v) is 12.2. The molecule has 2 aromatic carbocycles. The molecule has 0 radical (unpaired) electrons. The van der Waals surface area contributed by atoms with Gasteiger partial charge in [0.2, 0.25) is 0 Å². The highest BCUT2D eigenvalue weighted by atomic mass is 79.9. The summed E-state index contributed by atoms with van der Waals surface area (Å²) in [4.78, 5) is 2.89. The summed E-state index contributed by atoms with van der Waals surface area (Å²) in [6.45, 7) is 0. The molecule has 0 saturated carbocycles. The minimum Gasteiger partial charge on any atom is -0.330 e. The number of benzene rings is 2. The molecule has 3 rings (SSSR count). The molecule has 0 amide bonds. The van der Waals surface area contributed by atoms with E-state index in [0.29, 0.717) is 17.1 Å². The molecule has 0 atom stereocenters. The Morgan fingerprint density at radius 1 is 1.00 bits per heavy atom. The highest BCUT2D eigenvalue weighted by Gasteiger charge is 2.15. The van der Waals surface area contributed by atoms with Gasteiger partial charge in [0.15, 0.2) is 16.4 Å². The Bertz CT molecular complexity index is 885. The predicted octanol–water partition coefficient (Wildman–Crippen LogP) is 4.87. The molecule has 1 aromatic heterocycles. The lowest BCUT2D eigenvalue weighted by Crippen LogP contribution is -2.00. The summed E-state index contributed by atoms with van der Waals surface area (Å²) in [6.07, 6.45) is 0. The van der Waals surface area contributed by atoms with Crippen LogP contribution in [0.3, 0.4) is 0 Å². The SMILES string of the molecule is Fc1cc(F)c(-n2c(=S)[nH]c3ccc(Br)cc32)cc1F. The largest absolute Gasteiger partial charge is 0.330 e. The molecule has 0 aliphatic carbocycles. The number of nitrogens with zero attached hydrogens (tertiary/aromatic N) is 1. The minimum atomic E-state index is -1.24. The molecule has 1 N–H and O–H groups in total. The van der Waals surface area contributed by atoms with Crippen LogP contribution in [0.4, 0.5) is 13.2 Å². The topological polar surface area (TPSA) is 20.7 Å². The second-order valence-corrected chi connectivity index (χ2v) is 5.45. The van der Waals surface area contributed by atoms with E-state index in [4.69, 9.17) is 12.2 Å². The number of H-pyrrole nitrogens is 1. The maximum atomic E-state index is 13.9. The maximum Gasteiger partial charge on any atom is 0.182 e. The number of nitrogens with one attached hydrogen (secondary N) is 1. The van der Waals surface area contributed by atoms with Crippen molar-refractivity contribution in [2.75, 3.05) is 0 Å². The second kappa shape index (κ2) is 4.75. The Labute approximate surface area is 125 Å². The summed E-state index contributed by atoms with van der Waals surface area (Å²) >= 11 is 8.43. The molecule has 3 aromatic rings. The van der Waals surface area contributed by atoms with Gasteiger partial charge in [-0.25, -0.2) is 13.2 Å².